The Morgan fingerprint density at radius 2 is 1.09 bits per heavy atom. The van der Waals surface area contributed by atoms with E-state index in [1.807, 2.05) is 0 Å². The standard InChI is InChI=1S/C34H29N/c1-33(2)26-16-8-7-15-24(26)25-20-29-32(21-28(25)33)35(31-18-10-9-17-27(31)34(29,3)4)30-19-11-13-22-12-5-6-14-23(22)30/h5-21H,1-4H3. The van der Waals surface area contributed by atoms with Crippen LogP contribution < -0.4 is 4.90 Å². The molecule has 1 nitrogen and oxygen atoms in total. The third-order valence-electron chi connectivity index (χ3n) is 8.44. The van der Waals surface area contributed by atoms with Crippen molar-refractivity contribution in [1.29, 1.82) is 0 Å². The van der Waals surface area contributed by atoms with Gasteiger partial charge < -0.3 is 4.90 Å². The molecule has 0 bridgehead atoms. The third-order valence-corrected chi connectivity index (χ3v) is 8.44. The van der Waals surface area contributed by atoms with Crippen molar-refractivity contribution in [1.82, 2.24) is 0 Å². The quantitative estimate of drug-likeness (QED) is 0.245. The first-order valence-corrected chi connectivity index (χ1v) is 12.6. The fraction of sp³-hybridized carbons (Fsp3) is 0.176. The van der Waals surface area contributed by atoms with Gasteiger partial charge in [0.25, 0.3) is 0 Å². The lowest BCUT2D eigenvalue weighted by atomic mass is 9.71. The molecule has 0 radical (unpaired) electrons. The second-order valence-corrected chi connectivity index (χ2v) is 11.1. The van der Waals surface area contributed by atoms with Gasteiger partial charge in [-0.2, -0.15) is 0 Å². The van der Waals surface area contributed by atoms with Gasteiger partial charge in [0.05, 0.1) is 17.1 Å². The Labute approximate surface area is 207 Å². The average Bonchev–Trinajstić information content (AvgIpc) is 3.10. The lowest BCUT2D eigenvalue weighted by Crippen LogP contribution is -2.31. The highest BCUT2D eigenvalue weighted by Gasteiger charge is 2.42. The zero-order valence-electron chi connectivity index (χ0n) is 20.8. The summed E-state index contributed by atoms with van der Waals surface area (Å²) in [6, 6.07) is 38.3. The minimum Gasteiger partial charge on any atom is -0.309 e. The van der Waals surface area contributed by atoms with Gasteiger partial charge in [0, 0.05) is 16.2 Å². The fourth-order valence-electron chi connectivity index (χ4n) is 6.56. The predicted octanol–water partition coefficient (Wildman–Crippen LogP) is 9.26. The summed E-state index contributed by atoms with van der Waals surface area (Å²) < 4.78 is 0. The van der Waals surface area contributed by atoms with Crippen molar-refractivity contribution in [3.8, 4) is 11.1 Å². The Bertz CT molecular complexity index is 1650. The summed E-state index contributed by atoms with van der Waals surface area (Å²) in [7, 11) is 0. The zero-order chi connectivity index (χ0) is 23.9. The molecule has 5 aromatic rings. The van der Waals surface area contributed by atoms with Crippen LogP contribution in [0.25, 0.3) is 21.9 Å². The lowest BCUT2D eigenvalue weighted by Gasteiger charge is -2.43. The van der Waals surface area contributed by atoms with Crippen LogP contribution in [-0.4, -0.2) is 0 Å². The molecule has 7 rings (SSSR count). The predicted molar refractivity (Wildman–Crippen MR) is 148 cm³/mol. The van der Waals surface area contributed by atoms with Crippen molar-refractivity contribution in [2.45, 2.75) is 38.5 Å². The molecular formula is C34H29N. The molecule has 0 atom stereocenters. The number of anilines is 3. The molecule has 1 heterocycles. The van der Waals surface area contributed by atoms with Crippen LogP contribution >= 0.6 is 0 Å². The van der Waals surface area contributed by atoms with E-state index >= 15 is 0 Å². The van der Waals surface area contributed by atoms with Crippen LogP contribution in [0.5, 0.6) is 0 Å². The van der Waals surface area contributed by atoms with Gasteiger partial charge in [0.2, 0.25) is 0 Å². The molecule has 5 aromatic carbocycles. The summed E-state index contributed by atoms with van der Waals surface area (Å²) in [4.78, 5) is 2.51. The van der Waals surface area contributed by atoms with E-state index in [2.05, 4.69) is 136 Å². The molecule has 1 aliphatic heterocycles. The van der Waals surface area contributed by atoms with Crippen LogP contribution in [0, 0.1) is 0 Å². The molecule has 1 aliphatic carbocycles. The van der Waals surface area contributed by atoms with E-state index in [0.29, 0.717) is 0 Å². The number of para-hydroxylation sites is 1. The summed E-state index contributed by atoms with van der Waals surface area (Å²) in [5.41, 5.74) is 12.0. The normalized spacial score (nSPS) is 16.4. The molecule has 35 heavy (non-hydrogen) atoms. The maximum atomic E-state index is 2.51. The van der Waals surface area contributed by atoms with E-state index in [-0.39, 0.29) is 10.8 Å². The van der Waals surface area contributed by atoms with Crippen LogP contribution in [0.4, 0.5) is 17.1 Å². The van der Waals surface area contributed by atoms with Gasteiger partial charge in [-0.15, -0.1) is 0 Å². The molecule has 0 saturated heterocycles. The van der Waals surface area contributed by atoms with Crippen molar-refractivity contribution in [3.63, 3.8) is 0 Å². The first kappa shape index (κ1) is 20.5. The number of hydrogen-bond acceptors (Lipinski definition) is 1. The van der Waals surface area contributed by atoms with Crippen molar-refractivity contribution < 1.29 is 0 Å². The topological polar surface area (TPSA) is 3.24 Å². The van der Waals surface area contributed by atoms with E-state index in [1.54, 1.807) is 0 Å². The largest absolute Gasteiger partial charge is 0.309 e. The lowest BCUT2D eigenvalue weighted by molar-refractivity contribution is 0.627. The summed E-state index contributed by atoms with van der Waals surface area (Å²) >= 11 is 0. The Kier molecular flexibility index (Phi) is 4.02. The van der Waals surface area contributed by atoms with E-state index in [9.17, 15) is 0 Å². The van der Waals surface area contributed by atoms with Gasteiger partial charge >= 0.3 is 0 Å². The number of benzene rings is 5. The molecule has 1 heteroatoms. The zero-order valence-corrected chi connectivity index (χ0v) is 20.8. The second kappa shape index (κ2) is 6.86. The Morgan fingerprint density at radius 1 is 0.457 bits per heavy atom. The van der Waals surface area contributed by atoms with Crippen LogP contribution in [0.3, 0.4) is 0 Å². The molecule has 0 fully saturated rings. The third kappa shape index (κ3) is 2.64. The van der Waals surface area contributed by atoms with Crippen LogP contribution in [0.15, 0.2) is 103 Å². The van der Waals surface area contributed by atoms with Crippen molar-refractivity contribution in [2.75, 3.05) is 4.90 Å². The molecule has 2 aliphatic rings. The van der Waals surface area contributed by atoms with Crippen molar-refractivity contribution >= 4 is 27.8 Å². The SMILES string of the molecule is CC1(C)c2ccccc2-c2cc3c(cc21)N(c1cccc2ccccc12)c1ccccc1C3(C)C. The Hall–Kier alpha value is -3.84. The van der Waals surface area contributed by atoms with E-state index in [4.69, 9.17) is 0 Å². The number of hydrogen-bond donors (Lipinski definition) is 0. The van der Waals surface area contributed by atoms with Crippen molar-refractivity contribution in [2.24, 2.45) is 0 Å². The number of rotatable bonds is 1. The minimum absolute atomic E-state index is 0.0352. The van der Waals surface area contributed by atoms with E-state index in [1.165, 1.54) is 61.2 Å². The van der Waals surface area contributed by atoms with Crippen molar-refractivity contribution in [3.05, 3.63) is 125 Å². The maximum Gasteiger partial charge on any atom is 0.0540 e. The molecule has 170 valence electrons. The molecular weight excluding hydrogens is 422 g/mol. The van der Waals surface area contributed by atoms with Gasteiger partial charge in [-0.1, -0.05) is 107 Å². The molecule has 0 unspecified atom stereocenters. The molecule has 0 aromatic heterocycles. The first-order valence-electron chi connectivity index (χ1n) is 12.6. The molecule has 0 N–H and O–H groups in total. The van der Waals surface area contributed by atoms with E-state index < -0.39 is 0 Å². The smallest absolute Gasteiger partial charge is 0.0540 e. The van der Waals surface area contributed by atoms with Gasteiger partial charge in [-0.05, 0) is 63.0 Å². The highest BCUT2D eigenvalue weighted by atomic mass is 15.2. The summed E-state index contributed by atoms with van der Waals surface area (Å²) in [5, 5.41) is 2.54. The van der Waals surface area contributed by atoms with Gasteiger partial charge in [-0.3, -0.25) is 0 Å². The highest BCUT2D eigenvalue weighted by molar-refractivity contribution is 6.01. The minimum atomic E-state index is -0.107. The summed E-state index contributed by atoms with van der Waals surface area (Å²) in [6.07, 6.45) is 0. The molecule has 0 spiro atoms. The monoisotopic (exact) mass is 451 g/mol. The van der Waals surface area contributed by atoms with Crippen LogP contribution in [0.2, 0.25) is 0 Å². The first-order chi connectivity index (χ1) is 16.9. The Balaban J connectivity index is 1.59. The van der Waals surface area contributed by atoms with Crippen LogP contribution in [-0.2, 0) is 10.8 Å². The number of nitrogens with zero attached hydrogens (tertiary/aromatic N) is 1. The average molecular weight is 452 g/mol. The van der Waals surface area contributed by atoms with E-state index in [0.717, 1.165) is 0 Å². The molecule has 0 amide bonds. The van der Waals surface area contributed by atoms with Gasteiger partial charge in [-0.25, -0.2) is 0 Å². The molecule has 0 saturated carbocycles. The number of fused-ring (bicyclic) bond motifs is 6. The van der Waals surface area contributed by atoms with Gasteiger partial charge in [0.15, 0.2) is 0 Å². The fourth-order valence-corrected chi connectivity index (χ4v) is 6.56. The second-order valence-electron chi connectivity index (χ2n) is 11.1. The Morgan fingerprint density at radius 3 is 1.94 bits per heavy atom. The van der Waals surface area contributed by atoms with Crippen LogP contribution in [0.1, 0.15) is 49.9 Å². The highest BCUT2D eigenvalue weighted by Crippen LogP contribution is 2.57. The summed E-state index contributed by atoms with van der Waals surface area (Å²) in [6.45, 7) is 9.50. The summed E-state index contributed by atoms with van der Waals surface area (Å²) in [5.74, 6) is 0. The maximum absolute atomic E-state index is 2.51. The van der Waals surface area contributed by atoms with Gasteiger partial charge in [0.1, 0.15) is 0 Å².